The highest BCUT2D eigenvalue weighted by Crippen LogP contribution is 2.25. The molecule has 2 aromatic carbocycles. The quantitative estimate of drug-likeness (QED) is 0.727. The van der Waals surface area contributed by atoms with E-state index in [0.29, 0.717) is 24.2 Å². The van der Waals surface area contributed by atoms with Crippen molar-refractivity contribution in [1.82, 2.24) is 9.62 Å². The van der Waals surface area contributed by atoms with Crippen LogP contribution >= 0.6 is 0 Å². The lowest BCUT2D eigenvalue weighted by Gasteiger charge is -2.26. The number of hydrogen-bond donors (Lipinski definition) is 1. The Hall–Kier alpha value is -2.18. The molecule has 0 radical (unpaired) electrons. The lowest BCUT2D eigenvalue weighted by molar-refractivity contribution is 0.0935. The lowest BCUT2D eigenvalue weighted by Crippen LogP contribution is -2.36. The maximum absolute atomic E-state index is 13.1. The summed E-state index contributed by atoms with van der Waals surface area (Å²) in [4.78, 5) is 13.2. The molecule has 1 aliphatic rings. The molecular formula is C24H32N2O3S. The normalized spacial score (nSPS) is 16.3. The van der Waals surface area contributed by atoms with E-state index in [9.17, 15) is 13.2 Å². The van der Waals surface area contributed by atoms with E-state index in [0.717, 1.165) is 31.2 Å². The lowest BCUT2D eigenvalue weighted by atomic mass is 9.99. The molecule has 0 unspecified atom stereocenters. The maximum Gasteiger partial charge on any atom is 0.251 e. The number of sulfonamides is 1. The molecule has 1 saturated heterocycles. The molecule has 0 saturated carbocycles. The Labute approximate surface area is 180 Å². The Morgan fingerprint density at radius 1 is 0.967 bits per heavy atom. The molecule has 1 heterocycles. The van der Waals surface area contributed by atoms with Crippen molar-refractivity contribution in [2.75, 3.05) is 13.1 Å². The standard InChI is InChI=1S/C24H32N2O3S/c1-5-22(20-11-9-17(2)19(4)15-20)25-24(27)21-12-10-18(3)23(16-21)30(28,29)26-13-7-6-8-14-26/h9-12,15-16,22H,5-8,13-14H2,1-4H3,(H,25,27)/t22-/m1/s1. The number of benzene rings is 2. The Morgan fingerprint density at radius 3 is 2.27 bits per heavy atom. The van der Waals surface area contributed by atoms with E-state index in [1.807, 2.05) is 13.0 Å². The summed E-state index contributed by atoms with van der Waals surface area (Å²) in [6.07, 6.45) is 3.57. The van der Waals surface area contributed by atoms with Crippen LogP contribution in [-0.4, -0.2) is 31.7 Å². The third-order valence-electron chi connectivity index (χ3n) is 6.03. The number of piperidine rings is 1. The minimum absolute atomic E-state index is 0.125. The molecule has 1 fully saturated rings. The maximum atomic E-state index is 13.1. The fourth-order valence-corrected chi connectivity index (χ4v) is 5.68. The average Bonchev–Trinajstić information content (AvgIpc) is 2.74. The Kier molecular flexibility index (Phi) is 6.98. The molecule has 0 bridgehead atoms. The summed E-state index contributed by atoms with van der Waals surface area (Å²) in [7, 11) is -3.59. The van der Waals surface area contributed by atoms with Crippen molar-refractivity contribution in [2.45, 2.75) is 64.3 Å². The molecule has 0 spiro atoms. The van der Waals surface area contributed by atoms with Gasteiger partial charge < -0.3 is 5.32 Å². The molecule has 6 heteroatoms. The minimum Gasteiger partial charge on any atom is -0.345 e. The molecular weight excluding hydrogens is 396 g/mol. The summed E-state index contributed by atoms with van der Waals surface area (Å²) >= 11 is 0. The van der Waals surface area contributed by atoms with Crippen LogP contribution in [0.1, 0.15) is 71.3 Å². The van der Waals surface area contributed by atoms with Crippen molar-refractivity contribution in [2.24, 2.45) is 0 Å². The molecule has 30 heavy (non-hydrogen) atoms. The molecule has 0 aliphatic carbocycles. The van der Waals surface area contributed by atoms with Crippen LogP contribution in [0.5, 0.6) is 0 Å². The topological polar surface area (TPSA) is 66.5 Å². The first-order valence-corrected chi connectivity index (χ1v) is 12.2. The SMILES string of the molecule is CC[C@@H](NC(=O)c1ccc(C)c(S(=O)(=O)N2CCCCC2)c1)c1ccc(C)c(C)c1. The zero-order chi connectivity index (χ0) is 21.9. The average molecular weight is 429 g/mol. The fraction of sp³-hybridized carbons (Fsp3) is 0.458. The van der Waals surface area contributed by atoms with Gasteiger partial charge in [0.15, 0.2) is 0 Å². The van der Waals surface area contributed by atoms with E-state index in [-0.39, 0.29) is 16.8 Å². The number of carbonyl (C=O) groups excluding carboxylic acids is 1. The van der Waals surface area contributed by atoms with Crippen LogP contribution < -0.4 is 5.32 Å². The molecule has 1 aliphatic heterocycles. The highest BCUT2D eigenvalue weighted by atomic mass is 32.2. The van der Waals surface area contributed by atoms with E-state index < -0.39 is 10.0 Å². The number of rotatable bonds is 6. The molecule has 1 amide bonds. The van der Waals surface area contributed by atoms with Crippen LogP contribution in [0.25, 0.3) is 0 Å². The highest BCUT2D eigenvalue weighted by molar-refractivity contribution is 7.89. The van der Waals surface area contributed by atoms with Crippen molar-refractivity contribution < 1.29 is 13.2 Å². The molecule has 1 N–H and O–H groups in total. The zero-order valence-electron chi connectivity index (χ0n) is 18.4. The molecule has 3 rings (SSSR count). The predicted molar refractivity (Wildman–Crippen MR) is 120 cm³/mol. The van der Waals surface area contributed by atoms with Crippen LogP contribution in [0.2, 0.25) is 0 Å². The van der Waals surface area contributed by atoms with Gasteiger partial charge in [-0.2, -0.15) is 4.31 Å². The molecule has 2 aromatic rings. The van der Waals surface area contributed by atoms with Gasteiger partial charge in [-0.15, -0.1) is 0 Å². The molecule has 1 atom stereocenters. The van der Waals surface area contributed by atoms with Gasteiger partial charge in [0.25, 0.3) is 5.91 Å². The van der Waals surface area contributed by atoms with E-state index in [1.165, 1.54) is 17.2 Å². The van der Waals surface area contributed by atoms with E-state index in [4.69, 9.17) is 0 Å². The number of amides is 1. The first kappa shape index (κ1) is 22.5. The number of carbonyl (C=O) groups is 1. The Morgan fingerprint density at radius 2 is 1.63 bits per heavy atom. The first-order chi connectivity index (χ1) is 14.2. The van der Waals surface area contributed by atoms with Gasteiger partial charge in [0, 0.05) is 18.7 Å². The van der Waals surface area contributed by atoms with Crippen molar-refractivity contribution in [3.05, 3.63) is 64.2 Å². The summed E-state index contributed by atoms with van der Waals surface area (Å²) < 4.78 is 27.8. The van der Waals surface area contributed by atoms with Gasteiger partial charge in [-0.1, -0.05) is 37.6 Å². The van der Waals surface area contributed by atoms with Gasteiger partial charge in [-0.05, 0) is 74.4 Å². The number of nitrogens with zero attached hydrogens (tertiary/aromatic N) is 1. The Balaban J connectivity index is 1.85. The molecule has 5 nitrogen and oxygen atoms in total. The third kappa shape index (κ3) is 4.76. The monoisotopic (exact) mass is 428 g/mol. The summed E-state index contributed by atoms with van der Waals surface area (Å²) in [6, 6.07) is 11.0. The van der Waals surface area contributed by atoms with Gasteiger partial charge in [0.2, 0.25) is 10.0 Å². The van der Waals surface area contributed by atoms with Gasteiger partial charge in [-0.25, -0.2) is 8.42 Å². The number of nitrogens with one attached hydrogen (secondary N) is 1. The van der Waals surface area contributed by atoms with E-state index in [1.54, 1.807) is 23.4 Å². The second-order valence-corrected chi connectivity index (χ2v) is 10.1. The molecule has 0 aromatic heterocycles. The summed E-state index contributed by atoms with van der Waals surface area (Å²) in [5, 5.41) is 3.08. The van der Waals surface area contributed by atoms with Gasteiger partial charge in [0.05, 0.1) is 10.9 Å². The van der Waals surface area contributed by atoms with Crippen molar-refractivity contribution in [3.63, 3.8) is 0 Å². The summed E-state index contributed by atoms with van der Waals surface area (Å²) in [6.45, 7) is 9.02. The number of hydrogen-bond acceptors (Lipinski definition) is 3. The smallest absolute Gasteiger partial charge is 0.251 e. The number of aryl methyl sites for hydroxylation is 3. The Bertz CT molecular complexity index is 1020. The minimum atomic E-state index is -3.59. The van der Waals surface area contributed by atoms with Crippen LogP contribution in [-0.2, 0) is 10.0 Å². The van der Waals surface area contributed by atoms with Gasteiger partial charge >= 0.3 is 0 Å². The fourth-order valence-electron chi connectivity index (χ4n) is 3.91. The van der Waals surface area contributed by atoms with Gasteiger partial charge in [0.1, 0.15) is 0 Å². The van der Waals surface area contributed by atoms with Crippen LogP contribution in [0.15, 0.2) is 41.3 Å². The summed E-state index contributed by atoms with van der Waals surface area (Å²) in [5.41, 5.74) is 4.50. The summed E-state index contributed by atoms with van der Waals surface area (Å²) in [5.74, 6) is -0.254. The van der Waals surface area contributed by atoms with Gasteiger partial charge in [-0.3, -0.25) is 4.79 Å². The van der Waals surface area contributed by atoms with Crippen LogP contribution in [0, 0.1) is 20.8 Å². The van der Waals surface area contributed by atoms with Crippen molar-refractivity contribution in [1.29, 1.82) is 0 Å². The third-order valence-corrected chi connectivity index (χ3v) is 8.07. The predicted octanol–water partition coefficient (Wildman–Crippen LogP) is 4.67. The van der Waals surface area contributed by atoms with Crippen LogP contribution in [0.3, 0.4) is 0 Å². The van der Waals surface area contributed by atoms with Crippen LogP contribution in [0.4, 0.5) is 0 Å². The van der Waals surface area contributed by atoms with E-state index >= 15 is 0 Å². The second kappa shape index (κ2) is 9.31. The van der Waals surface area contributed by atoms with E-state index in [2.05, 4.69) is 31.3 Å². The van der Waals surface area contributed by atoms with Crippen molar-refractivity contribution >= 4 is 15.9 Å². The molecule has 162 valence electrons. The largest absolute Gasteiger partial charge is 0.345 e. The van der Waals surface area contributed by atoms with Crippen molar-refractivity contribution in [3.8, 4) is 0 Å². The second-order valence-electron chi connectivity index (χ2n) is 8.22. The first-order valence-electron chi connectivity index (χ1n) is 10.7. The zero-order valence-corrected chi connectivity index (χ0v) is 19.2. The highest BCUT2D eigenvalue weighted by Gasteiger charge is 2.28.